The molecule has 0 atom stereocenters. The SMILES string of the molecule is COc1cc(OC)cc(C(=O)NN=Cc2ccc(OCC(=O)O)cc2)c1. The summed E-state index contributed by atoms with van der Waals surface area (Å²) in [6, 6.07) is 11.4. The predicted octanol–water partition coefficient (Wildman–Crippen LogP) is 1.93. The van der Waals surface area contributed by atoms with Crippen LogP contribution in [-0.2, 0) is 4.79 Å². The van der Waals surface area contributed by atoms with E-state index in [2.05, 4.69) is 10.5 Å². The Bertz CT molecular complexity index is 780. The van der Waals surface area contributed by atoms with Crippen LogP contribution in [0.4, 0.5) is 0 Å². The first-order valence-electron chi connectivity index (χ1n) is 7.53. The number of benzene rings is 2. The molecular weight excluding hydrogens is 340 g/mol. The van der Waals surface area contributed by atoms with E-state index in [1.165, 1.54) is 20.4 Å². The second kappa shape index (κ2) is 9.07. The summed E-state index contributed by atoms with van der Waals surface area (Å²) in [6.45, 7) is -0.409. The lowest BCUT2D eigenvalue weighted by atomic mass is 10.2. The van der Waals surface area contributed by atoms with Crippen molar-refractivity contribution in [3.8, 4) is 17.2 Å². The molecule has 8 nitrogen and oxygen atoms in total. The Morgan fingerprint density at radius 3 is 2.19 bits per heavy atom. The molecule has 0 saturated heterocycles. The van der Waals surface area contributed by atoms with Gasteiger partial charge in [-0.05, 0) is 42.0 Å². The number of rotatable bonds is 8. The van der Waals surface area contributed by atoms with E-state index in [1.807, 2.05) is 0 Å². The number of carboxylic acid groups (broad SMARTS) is 1. The van der Waals surface area contributed by atoms with Crippen LogP contribution in [-0.4, -0.2) is 44.0 Å². The Morgan fingerprint density at radius 1 is 1.04 bits per heavy atom. The van der Waals surface area contributed by atoms with Gasteiger partial charge in [0.25, 0.3) is 5.91 Å². The zero-order valence-corrected chi connectivity index (χ0v) is 14.3. The van der Waals surface area contributed by atoms with Crippen LogP contribution in [0, 0.1) is 0 Å². The van der Waals surface area contributed by atoms with Crippen LogP contribution in [0.5, 0.6) is 17.2 Å². The molecule has 1 amide bonds. The summed E-state index contributed by atoms with van der Waals surface area (Å²) < 4.78 is 15.3. The Hall–Kier alpha value is -3.55. The molecule has 0 heterocycles. The van der Waals surface area contributed by atoms with Crippen LogP contribution >= 0.6 is 0 Å². The average Bonchev–Trinajstić information content (AvgIpc) is 2.66. The first kappa shape index (κ1) is 18.8. The maximum absolute atomic E-state index is 12.2. The van der Waals surface area contributed by atoms with Crippen LogP contribution in [0.1, 0.15) is 15.9 Å². The molecule has 0 aliphatic carbocycles. The number of carbonyl (C=O) groups is 2. The summed E-state index contributed by atoms with van der Waals surface area (Å²) in [5.74, 6) is -0.0460. The van der Waals surface area contributed by atoms with Gasteiger partial charge < -0.3 is 19.3 Å². The van der Waals surface area contributed by atoms with E-state index in [0.717, 1.165) is 0 Å². The number of ether oxygens (including phenoxy) is 3. The zero-order chi connectivity index (χ0) is 18.9. The number of hydrogen-bond donors (Lipinski definition) is 2. The van der Waals surface area contributed by atoms with Gasteiger partial charge in [0.15, 0.2) is 6.61 Å². The molecule has 0 aromatic heterocycles. The number of hydrazone groups is 1. The van der Waals surface area contributed by atoms with E-state index in [-0.39, 0.29) is 0 Å². The van der Waals surface area contributed by atoms with E-state index < -0.39 is 18.5 Å². The molecule has 0 radical (unpaired) electrons. The van der Waals surface area contributed by atoms with Crippen LogP contribution in [0.25, 0.3) is 0 Å². The Balaban J connectivity index is 1.97. The minimum absolute atomic E-state index is 0.343. The van der Waals surface area contributed by atoms with E-state index in [9.17, 15) is 9.59 Å². The highest BCUT2D eigenvalue weighted by molar-refractivity contribution is 5.95. The molecule has 0 fully saturated rings. The maximum atomic E-state index is 12.2. The van der Waals surface area contributed by atoms with Crippen molar-refractivity contribution >= 4 is 18.1 Å². The third-order valence-electron chi connectivity index (χ3n) is 3.24. The van der Waals surface area contributed by atoms with Crippen LogP contribution in [0.15, 0.2) is 47.6 Å². The quantitative estimate of drug-likeness (QED) is 0.552. The van der Waals surface area contributed by atoms with E-state index in [1.54, 1.807) is 42.5 Å². The van der Waals surface area contributed by atoms with Crippen molar-refractivity contribution in [2.75, 3.05) is 20.8 Å². The molecule has 136 valence electrons. The van der Waals surface area contributed by atoms with Crippen molar-refractivity contribution in [2.24, 2.45) is 5.10 Å². The van der Waals surface area contributed by atoms with Gasteiger partial charge in [0, 0.05) is 11.6 Å². The minimum atomic E-state index is -1.05. The molecule has 0 unspecified atom stereocenters. The molecule has 0 aliphatic rings. The van der Waals surface area contributed by atoms with Crippen molar-refractivity contribution in [1.82, 2.24) is 5.43 Å². The lowest BCUT2D eigenvalue weighted by Gasteiger charge is -2.07. The summed E-state index contributed by atoms with van der Waals surface area (Å²) in [5.41, 5.74) is 3.46. The molecule has 8 heteroatoms. The fraction of sp³-hybridized carbons (Fsp3) is 0.167. The first-order chi connectivity index (χ1) is 12.5. The van der Waals surface area contributed by atoms with Crippen LogP contribution in [0.2, 0.25) is 0 Å². The van der Waals surface area contributed by atoms with Crippen LogP contribution in [0.3, 0.4) is 0 Å². The van der Waals surface area contributed by atoms with Crippen molar-refractivity contribution in [3.05, 3.63) is 53.6 Å². The number of carboxylic acids is 1. The van der Waals surface area contributed by atoms with E-state index >= 15 is 0 Å². The summed E-state index contributed by atoms with van der Waals surface area (Å²) >= 11 is 0. The summed E-state index contributed by atoms with van der Waals surface area (Å²) in [7, 11) is 3.00. The lowest BCUT2D eigenvalue weighted by molar-refractivity contribution is -0.139. The molecule has 0 saturated carbocycles. The van der Waals surface area contributed by atoms with Gasteiger partial charge in [-0.15, -0.1) is 0 Å². The van der Waals surface area contributed by atoms with E-state index in [4.69, 9.17) is 19.3 Å². The molecule has 2 rings (SSSR count). The van der Waals surface area contributed by atoms with Gasteiger partial charge in [-0.1, -0.05) is 0 Å². The number of amides is 1. The number of nitrogens with zero attached hydrogens (tertiary/aromatic N) is 1. The van der Waals surface area contributed by atoms with Crippen molar-refractivity contribution in [1.29, 1.82) is 0 Å². The van der Waals surface area contributed by atoms with Crippen LogP contribution < -0.4 is 19.6 Å². The molecular formula is C18H18N2O6. The van der Waals surface area contributed by atoms with Crippen molar-refractivity contribution < 1.29 is 28.9 Å². The second-order valence-electron chi connectivity index (χ2n) is 5.05. The smallest absolute Gasteiger partial charge is 0.341 e. The number of carbonyl (C=O) groups excluding carboxylic acids is 1. The monoisotopic (exact) mass is 358 g/mol. The molecule has 2 N–H and O–H groups in total. The number of methoxy groups -OCH3 is 2. The standard InChI is InChI=1S/C18H18N2O6/c1-24-15-7-13(8-16(9-15)25-2)18(23)20-19-10-12-3-5-14(6-4-12)26-11-17(21)22/h3-10H,11H2,1-2H3,(H,20,23)(H,21,22). The van der Waals surface area contributed by atoms with Gasteiger partial charge in [-0.2, -0.15) is 5.10 Å². The number of hydrogen-bond acceptors (Lipinski definition) is 6. The Morgan fingerprint density at radius 2 is 1.65 bits per heavy atom. The third kappa shape index (κ3) is 5.52. The van der Waals surface area contributed by atoms with Crippen molar-refractivity contribution in [3.63, 3.8) is 0 Å². The first-order valence-corrected chi connectivity index (χ1v) is 7.53. The average molecular weight is 358 g/mol. The fourth-order valence-electron chi connectivity index (χ4n) is 1.96. The normalized spacial score (nSPS) is 10.4. The van der Waals surface area contributed by atoms with E-state index in [0.29, 0.717) is 28.4 Å². The highest BCUT2D eigenvalue weighted by Crippen LogP contribution is 2.22. The molecule has 0 bridgehead atoms. The number of aliphatic carboxylic acids is 1. The third-order valence-corrected chi connectivity index (χ3v) is 3.24. The fourth-order valence-corrected chi connectivity index (χ4v) is 1.96. The highest BCUT2D eigenvalue weighted by Gasteiger charge is 2.09. The molecule has 0 spiro atoms. The summed E-state index contributed by atoms with van der Waals surface area (Å²) in [6.07, 6.45) is 1.45. The topological polar surface area (TPSA) is 106 Å². The maximum Gasteiger partial charge on any atom is 0.341 e. The largest absolute Gasteiger partial charge is 0.497 e. The van der Waals surface area contributed by atoms with Crippen molar-refractivity contribution in [2.45, 2.75) is 0 Å². The molecule has 2 aromatic rings. The van der Waals surface area contributed by atoms with Gasteiger partial charge in [0.1, 0.15) is 17.2 Å². The zero-order valence-electron chi connectivity index (χ0n) is 14.3. The van der Waals surface area contributed by atoms with Gasteiger partial charge in [-0.25, -0.2) is 10.2 Å². The Kier molecular flexibility index (Phi) is 6.55. The lowest BCUT2D eigenvalue weighted by Crippen LogP contribution is -2.17. The van der Waals surface area contributed by atoms with Gasteiger partial charge >= 0.3 is 5.97 Å². The minimum Gasteiger partial charge on any atom is -0.497 e. The molecule has 26 heavy (non-hydrogen) atoms. The Labute approximate surface area is 150 Å². The summed E-state index contributed by atoms with van der Waals surface area (Å²) in [5, 5.41) is 12.4. The summed E-state index contributed by atoms with van der Waals surface area (Å²) in [4.78, 5) is 22.6. The molecule has 2 aromatic carbocycles. The second-order valence-corrected chi connectivity index (χ2v) is 5.05. The van der Waals surface area contributed by atoms with Gasteiger partial charge in [0.05, 0.1) is 20.4 Å². The van der Waals surface area contributed by atoms with Gasteiger partial charge in [0.2, 0.25) is 0 Å². The number of nitrogens with one attached hydrogen (secondary N) is 1. The predicted molar refractivity (Wildman–Crippen MR) is 94.2 cm³/mol. The van der Waals surface area contributed by atoms with Gasteiger partial charge in [-0.3, -0.25) is 4.79 Å². The highest BCUT2D eigenvalue weighted by atomic mass is 16.5. The molecule has 0 aliphatic heterocycles.